The number of hydrogen-bond acceptors (Lipinski definition) is 4. The molecule has 126 valence electrons. The summed E-state index contributed by atoms with van der Waals surface area (Å²) in [5.74, 6) is -1.54. The summed E-state index contributed by atoms with van der Waals surface area (Å²) < 4.78 is 21.7. The van der Waals surface area contributed by atoms with Crippen LogP contribution >= 0.6 is 15.9 Å². The van der Waals surface area contributed by atoms with Gasteiger partial charge in [-0.3, -0.25) is 14.2 Å². The SMILES string of the molecule is O=C(Cn1c(=O)c(F)cn([C@H]2CCCO2)c1=O)c1ccc(Br)cc1. The van der Waals surface area contributed by atoms with Crippen LogP contribution in [0.5, 0.6) is 0 Å². The molecule has 2 aromatic rings. The van der Waals surface area contributed by atoms with E-state index in [0.29, 0.717) is 23.2 Å². The molecule has 6 nitrogen and oxygen atoms in total. The average Bonchev–Trinajstić information content (AvgIpc) is 3.09. The van der Waals surface area contributed by atoms with Gasteiger partial charge in [0.1, 0.15) is 6.23 Å². The first kappa shape index (κ1) is 16.8. The van der Waals surface area contributed by atoms with E-state index in [1.165, 1.54) is 0 Å². The molecule has 0 N–H and O–H groups in total. The van der Waals surface area contributed by atoms with Crippen molar-refractivity contribution in [3.8, 4) is 0 Å². The van der Waals surface area contributed by atoms with Crippen molar-refractivity contribution in [2.75, 3.05) is 6.61 Å². The number of carbonyl (C=O) groups excluding carboxylic acids is 1. The minimum Gasteiger partial charge on any atom is -0.358 e. The number of aromatic nitrogens is 2. The number of ether oxygens (including phenoxy) is 1. The molecular weight excluding hydrogens is 383 g/mol. The average molecular weight is 397 g/mol. The van der Waals surface area contributed by atoms with Crippen molar-refractivity contribution in [3.05, 3.63) is 67.2 Å². The smallest absolute Gasteiger partial charge is 0.333 e. The quantitative estimate of drug-likeness (QED) is 0.742. The number of carbonyl (C=O) groups is 1. The van der Waals surface area contributed by atoms with Crippen LogP contribution in [0.2, 0.25) is 0 Å². The largest absolute Gasteiger partial charge is 0.358 e. The molecule has 1 aromatic heterocycles. The lowest BCUT2D eigenvalue weighted by atomic mass is 10.1. The van der Waals surface area contributed by atoms with Crippen LogP contribution in [0.1, 0.15) is 29.4 Å². The molecule has 0 spiro atoms. The maximum atomic E-state index is 13.9. The molecule has 1 atom stereocenters. The van der Waals surface area contributed by atoms with Crippen molar-refractivity contribution < 1.29 is 13.9 Å². The van der Waals surface area contributed by atoms with Crippen LogP contribution in [0, 0.1) is 5.82 Å². The Balaban J connectivity index is 1.97. The van der Waals surface area contributed by atoms with Crippen LogP contribution < -0.4 is 11.2 Å². The van der Waals surface area contributed by atoms with Gasteiger partial charge in [0.05, 0.1) is 12.7 Å². The highest BCUT2D eigenvalue weighted by atomic mass is 79.9. The number of benzene rings is 1. The number of Topliss-reactive ketones (excluding diaryl/α,β-unsaturated/α-hetero) is 1. The molecule has 0 amide bonds. The Morgan fingerprint density at radius 3 is 2.62 bits per heavy atom. The second kappa shape index (κ2) is 6.82. The van der Waals surface area contributed by atoms with E-state index in [0.717, 1.165) is 21.7 Å². The minimum atomic E-state index is -1.11. The monoisotopic (exact) mass is 396 g/mol. The molecule has 0 aliphatic carbocycles. The first-order valence-electron chi connectivity index (χ1n) is 7.39. The molecular formula is C16H14BrFN2O4. The number of rotatable bonds is 4. The summed E-state index contributed by atoms with van der Waals surface area (Å²) in [7, 11) is 0. The number of halogens is 2. The van der Waals surface area contributed by atoms with Crippen molar-refractivity contribution in [2.45, 2.75) is 25.6 Å². The van der Waals surface area contributed by atoms with E-state index in [4.69, 9.17) is 4.74 Å². The fraction of sp³-hybridized carbons (Fsp3) is 0.312. The molecule has 1 saturated heterocycles. The predicted molar refractivity (Wildman–Crippen MR) is 87.6 cm³/mol. The molecule has 1 aromatic carbocycles. The topological polar surface area (TPSA) is 70.3 Å². The standard InChI is InChI=1S/C16H14BrFN2O4/c17-11-5-3-10(4-6-11)13(21)9-20-15(22)12(18)8-19(16(20)23)14-2-1-7-24-14/h3-6,8,14H,1-2,7,9H2/t14-/m1/s1. The van der Waals surface area contributed by atoms with E-state index >= 15 is 0 Å². The lowest BCUT2D eigenvalue weighted by Gasteiger charge is -2.15. The highest BCUT2D eigenvalue weighted by Crippen LogP contribution is 2.20. The van der Waals surface area contributed by atoms with Gasteiger partial charge in [0, 0.05) is 16.6 Å². The molecule has 8 heteroatoms. The zero-order chi connectivity index (χ0) is 17.3. The summed E-state index contributed by atoms with van der Waals surface area (Å²) in [6, 6.07) is 6.48. The normalized spacial score (nSPS) is 17.2. The van der Waals surface area contributed by atoms with Gasteiger partial charge in [-0.2, -0.15) is 4.39 Å². The summed E-state index contributed by atoms with van der Waals surface area (Å²) in [5, 5.41) is 0. The van der Waals surface area contributed by atoms with Crippen LogP contribution in [-0.2, 0) is 11.3 Å². The fourth-order valence-electron chi connectivity index (χ4n) is 2.58. The molecule has 0 saturated carbocycles. The summed E-state index contributed by atoms with van der Waals surface area (Å²) in [5.41, 5.74) is -1.53. The Morgan fingerprint density at radius 2 is 2.00 bits per heavy atom. The maximum Gasteiger partial charge on any atom is 0.333 e. The van der Waals surface area contributed by atoms with E-state index in [2.05, 4.69) is 15.9 Å². The lowest BCUT2D eigenvalue weighted by Crippen LogP contribution is -2.43. The molecule has 0 bridgehead atoms. The highest BCUT2D eigenvalue weighted by molar-refractivity contribution is 9.10. The summed E-state index contributed by atoms with van der Waals surface area (Å²) in [6.45, 7) is -0.0561. The van der Waals surface area contributed by atoms with Crippen LogP contribution in [0.15, 0.2) is 44.5 Å². The van der Waals surface area contributed by atoms with E-state index in [1.807, 2.05) is 0 Å². The van der Waals surface area contributed by atoms with Gasteiger partial charge in [0.25, 0.3) is 5.56 Å². The van der Waals surface area contributed by atoms with Crippen molar-refractivity contribution in [3.63, 3.8) is 0 Å². The molecule has 1 aliphatic heterocycles. The van der Waals surface area contributed by atoms with Gasteiger partial charge < -0.3 is 4.74 Å². The Kier molecular flexibility index (Phi) is 4.77. The number of nitrogens with zero attached hydrogens (tertiary/aromatic N) is 2. The Hall–Kier alpha value is -2.06. The molecule has 2 heterocycles. The van der Waals surface area contributed by atoms with Gasteiger partial charge in [-0.05, 0) is 25.0 Å². The van der Waals surface area contributed by atoms with Crippen LogP contribution in [0.4, 0.5) is 4.39 Å². The molecule has 24 heavy (non-hydrogen) atoms. The zero-order valence-electron chi connectivity index (χ0n) is 12.6. The molecule has 1 fully saturated rings. The Morgan fingerprint density at radius 1 is 1.29 bits per heavy atom. The fourth-order valence-corrected chi connectivity index (χ4v) is 2.85. The van der Waals surface area contributed by atoms with Gasteiger partial charge >= 0.3 is 5.69 Å². The third-order valence-corrected chi connectivity index (χ3v) is 4.37. The second-order valence-corrected chi connectivity index (χ2v) is 6.37. The van der Waals surface area contributed by atoms with Crippen molar-refractivity contribution in [1.29, 1.82) is 0 Å². The third kappa shape index (κ3) is 3.25. The van der Waals surface area contributed by atoms with E-state index < -0.39 is 35.6 Å². The lowest BCUT2D eigenvalue weighted by molar-refractivity contribution is 0.0501. The van der Waals surface area contributed by atoms with E-state index in [-0.39, 0.29) is 0 Å². The zero-order valence-corrected chi connectivity index (χ0v) is 14.2. The molecule has 0 unspecified atom stereocenters. The van der Waals surface area contributed by atoms with Crippen LogP contribution in [-0.4, -0.2) is 21.5 Å². The van der Waals surface area contributed by atoms with Crippen molar-refractivity contribution >= 4 is 21.7 Å². The van der Waals surface area contributed by atoms with Crippen LogP contribution in [0.25, 0.3) is 0 Å². The molecule has 0 radical (unpaired) electrons. The van der Waals surface area contributed by atoms with Gasteiger partial charge in [0.2, 0.25) is 5.82 Å². The minimum absolute atomic E-state index is 0.331. The number of ketones is 1. The number of hydrogen-bond donors (Lipinski definition) is 0. The maximum absolute atomic E-state index is 13.9. The van der Waals surface area contributed by atoms with E-state index in [1.54, 1.807) is 24.3 Å². The van der Waals surface area contributed by atoms with Crippen molar-refractivity contribution in [1.82, 2.24) is 9.13 Å². The molecule has 1 aliphatic rings. The highest BCUT2D eigenvalue weighted by Gasteiger charge is 2.23. The first-order chi connectivity index (χ1) is 11.5. The summed E-state index contributed by atoms with van der Waals surface area (Å²) >= 11 is 3.26. The molecule has 3 rings (SSSR count). The van der Waals surface area contributed by atoms with Crippen LogP contribution in [0.3, 0.4) is 0 Å². The van der Waals surface area contributed by atoms with Gasteiger partial charge in [-0.1, -0.05) is 28.1 Å². The van der Waals surface area contributed by atoms with Gasteiger partial charge in [0.15, 0.2) is 5.78 Å². The first-order valence-corrected chi connectivity index (χ1v) is 8.18. The predicted octanol–water partition coefficient (Wildman–Crippen LogP) is 2.10. The van der Waals surface area contributed by atoms with Gasteiger partial charge in [-0.15, -0.1) is 0 Å². The van der Waals surface area contributed by atoms with E-state index in [9.17, 15) is 18.8 Å². The Labute approximate surface area is 144 Å². The summed E-state index contributed by atoms with van der Waals surface area (Å²) in [4.78, 5) is 36.7. The summed E-state index contributed by atoms with van der Waals surface area (Å²) in [6.07, 6.45) is 1.54. The van der Waals surface area contributed by atoms with Crippen molar-refractivity contribution in [2.24, 2.45) is 0 Å². The second-order valence-electron chi connectivity index (χ2n) is 5.46. The third-order valence-electron chi connectivity index (χ3n) is 3.84. The van der Waals surface area contributed by atoms with Gasteiger partial charge in [-0.25, -0.2) is 9.36 Å². The Bertz CT molecular complexity index is 882.